The molecule has 0 heterocycles. The molecule has 2 rings (SSSR count). The van der Waals surface area contributed by atoms with Crippen LogP contribution < -0.4 is 15.4 Å². The zero-order valence-corrected chi connectivity index (χ0v) is 13.0. The lowest BCUT2D eigenvalue weighted by Crippen LogP contribution is -2.29. The fourth-order valence-electron chi connectivity index (χ4n) is 1.68. The van der Waals surface area contributed by atoms with Crippen molar-refractivity contribution in [3.05, 3.63) is 52.5 Å². The second-order valence-electron chi connectivity index (χ2n) is 4.26. The maximum Gasteiger partial charge on any atom is 0.314 e. The van der Waals surface area contributed by atoms with E-state index in [-0.39, 0.29) is 0 Å². The predicted octanol–water partition coefficient (Wildman–Crippen LogP) is 3.58. The van der Waals surface area contributed by atoms with Crippen LogP contribution in [0.4, 0.5) is 11.4 Å². The molecule has 2 aromatic rings. The number of methoxy groups -OCH3 is 1. The van der Waals surface area contributed by atoms with Crippen molar-refractivity contribution >= 4 is 46.4 Å². The van der Waals surface area contributed by atoms with Gasteiger partial charge < -0.3 is 15.4 Å². The summed E-state index contributed by atoms with van der Waals surface area (Å²) in [5, 5.41) is 5.85. The molecule has 2 N–H and O–H groups in total. The minimum atomic E-state index is -0.837. The Morgan fingerprint density at radius 2 is 1.50 bits per heavy atom. The number of amides is 2. The highest BCUT2D eigenvalue weighted by atomic mass is 35.5. The summed E-state index contributed by atoms with van der Waals surface area (Å²) in [5.74, 6) is -1.25. The highest BCUT2D eigenvalue weighted by Crippen LogP contribution is 2.27. The van der Waals surface area contributed by atoms with Crippen LogP contribution in [0.1, 0.15) is 0 Å². The van der Waals surface area contributed by atoms with E-state index in [0.717, 1.165) is 0 Å². The summed E-state index contributed by atoms with van der Waals surface area (Å²) >= 11 is 11.6. The van der Waals surface area contributed by atoms with E-state index in [4.69, 9.17) is 27.9 Å². The van der Waals surface area contributed by atoms with Crippen LogP contribution in [0.2, 0.25) is 10.0 Å². The minimum Gasteiger partial charge on any atom is -0.495 e. The molecule has 0 saturated carbocycles. The Morgan fingerprint density at radius 1 is 0.909 bits per heavy atom. The Morgan fingerprint density at radius 3 is 2.14 bits per heavy atom. The van der Waals surface area contributed by atoms with Gasteiger partial charge in [-0.25, -0.2) is 0 Å². The fraction of sp³-hybridized carbons (Fsp3) is 0.0667. The Kier molecular flexibility index (Phi) is 5.25. The van der Waals surface area contributed by atoms with Crippen LogP contribution in [0.15, 0.2) is 42.5 Å². The molecule has 0 saturated heterocycles. The lowest BCUT2D eigenvalue weighted by atomic mass is 10.3. The van der Waals surface area contributed by atoms with Gasteiger partial charge in [-0.3, -0.25) is 9.59 Å². The molecule has 2 aromatic carbocycles. The maximum atomic E-state index is 11.9. The van der Waals surface area contributed by atoms with Gasteiger partial charge >= 0.3 is 11.8 Å². The summed E-state index contributed by atoms with van der Waals surface area (Å²) in [6.07, 6.45) is 0. The summed E-state index contributed by atoms with van der Waals surface area (Å²) < 4.78 is 5.09. The van der Waals surface area contributed by atoms with Crippen LogP contribution in [0, 0.1) is 0 Å². The molecule has 0 aromatic heterocycles. The number of carbonyl (C=O) groups is 2. The molecule has 7 heteroatoms. The molecule has 0 fully saturated rings. The predicted molar refractivity (Wildman–Crippen MR) is 86.7 cm³/mol. The van der Waals surface area contributed by atoms with Crippen molar-refractivity contribution in [2.45, 2.75) is 0 Å². The van der Waals surface area contributed by atoms with Gasteiger partial charge in [0.2, 0.25) is 0 Å². The second-order valence-corrected chi connectivity index (χ2v) is 5.13. The Labute approximate surface area is 137 Å². The SMILES string of the molecule is COc1ccc(Cl)cc1NC(=O)C(=O)Nc1ccc(Cl)cc1. The molecule has 0 aliphatic heterocycles. The average molecular weight is 339 g/mol. The van der Waals surface area contributed by atoms with Crippen molar-refractivity contribution in [2.75, 3.05) is 17.7 Å². The first-order valence-corrected chi connectivity index (χ1v) is 6.96. The van der Waals surface area contributed by atoms with Gasteiger partial charge in [0, 0.05) is 15.7 Å². The normalized spacial score (nSPS) is 9.95. The van der Waals surface area contributed by atoms with E-state index < -0.39 is 11.8 Å². The Hall–Kier alpha value is -2.24. The number of benzene rings is 2. The van der Waals surface area contributed by atoms with Crippen LogP contribution in [-0.2, 0) is 9.59 Å². The van der Waals surface area contributed by atoms with Gasteiger partial charge in [-0.05, 0) is 42.5 Å². The van der Waals surface area contributed by atoms with Crippen LogP contribution in [0.3, 0.4) is 0 Å². The quantitative estimate of drug-likeness (QED) is 0.840. The van der Waals surface area contributed by atoms with Gasteiger partial charge in [-0.15, -0.1) is 0 Å². The number of halogens is 2. The van der Waals surface area contributed by atoms with E-state index >= 15 is 0 Å². The molecule has 5 nitrogen and oxygen atoms in total. The van der Waals surface area contributed by atoms with E-state index in [0.29, 0.717) is 27.2 Å². The molecule has 0 atom stereocenters. The summed E-state index contributed by atoms with van der Waals surface area (Å²) in [6.45, 7) is 0. The third kappa shape index (κ3) is 4.13. The number of hydrogen-bond donors (Lipinski definition) is 2. The highest BCUT2D eigenvalue weighted by Gasteiger charge is 2.16. The molecule has 0 radical (unpaired) electrons. The first kappa shape index (κ1) is 16.1. The van der Waals surface area contributed by atoms with Gasteiger partial charge in [-0.2, -0.15) is 0 Å². The Balaban J connectivity index is 2.07. The van der Waals surface area contributed by atoms with Crippen LogP contribution >= 0.6 is 23.2 Å². The highest BCUT2D eigenvalue weighted by molar-refractivity contribution is 6.44. The standard InChI is InChI=1S/C15H12Cl2N2O3/c1-22-13-7-4-10(17)8-12(13)19-15(21)14(20)18-11-5-2-9(16)3-6-11/h2-8H,1H3,(H,18,20)(H,19,21). The number of nitrogens with one attached hydrogen (secondary N) is 2. The zero-order valence-electron chi connectivity index (χ0n) is 11.5. The molecule has 2 amide bonds. The van der Waals surface area contributed by atoms with Crippen LogP contribution in [0.5, 0.6) is 5.75 Å². The van der Waals surface area contributed by atoms with Crippen molar-refractivity contribution in [2.24, 2.45) is 0 Å². The number of rotatable bonds is 3. The van der Waals surface area contributed by atoms with Crippen molar-refractivity contribution < 1.29 is 14.3 Å². The number of ether oxygens (including phenoxy) is 1. The van der Waals surface area contributed by atoms with E-state index in [1.54, 1.807) is 36.4 Å². The number of anilines is 2. The third-order valence-electron chi connectivity index (χ3n) is 2.72. The lowest BCUT2D eigenvalue weighted by Gasteiger charge is -2.10. The summed E-state index contributed by atoms with van der Waals surface area (Å²) in [5.41, 5.74) is 0.772. The average Bonchev–Trinajstić information content (AvgIpc) is 2.49. The van der Waals surface area contributed by atoms with E-state index in [9.17, 15) is 9.59 Å². The maximum absolute atomic E-state index is 11.9. The van der Waals surface area contributed by atoms with Gasteiger partial charge in [0.25, 0.3) is 0 Å². The molecule has 114 valence electrons. The Bertz CT molecular complexity index is 702. The first-order chi connectivity index (χ1) is 10.5. The smallest absolute Gasteiger partial charge is 0.314 e. The summed E-state index contributed by atoms with van der Waals surface area (Å²) in [7, 11) is 1.45. The van der Waals surface area contributed by atoms with E-state index in [1.807, 2.05) is 0 Å². The van der Waals surface area contributed by atoms with Crippen LogP contribution in [-0.4, -0.2) is 18.9 Å². The van der Waals surface area contributed by atoms with Gasteiger partial charge in [0.15, 0.2) is 0 Å². The molecule has 0 bridgehead atoms. The minimum absolute atomic E-state index is 0.311. The molecule has 0 unspecified atom stereocenters. The van der Waals surface area contributed by atoms with E-state index in [1.165, 1.54) is 13.2 Å². The topological polar surface area (TPSA) is 67.4 Å². The van der Waals surface area contributed by atoms with E-state index in [2.05, 4.69) is 10.6 Å². The molecular weight excluding hydrogens is 327 g/mol. The van der Waals surface area contributed by atoms with Gasteiger partial charge in [0.05, 0.1) is 12.8 Å². The van der Waals surface area contributed by atoms with Crippen molar-refractivity contribution in [1.29, 1.82) is 0 Å². The van der Waals surface area contributed by atoms with Crippen molar-refractivity contribution in [3.8, 4) is 5.75 Å². The first-order valence-electron chi connectivity index (χ1n) is 6.21. The molecular formula is C15H12Cl2N2O3. The van der Waals surface area contributed by atoms with Crippen molar-refractivity contribution in [1.82, 2.24) is 0 Å². The van der Waals surface area contributed by atoms with Gasteiger partial charge in [-0.1, -0.05) is 23.2 Å². The molecule has 0 aliphatic carbocycles. The zero-order chi connectivity index (χ0) is 16.1. The second kappa shape index (κ2) is 7.15. The summed E-state index contributed by atoms with van der Waals surface area (Å²) in [4.78, 5) is 23.8. The molecule has 0 spiro atoms. The lowest BCUT2D eigenvalue weighted by molar-refractivity contribution is -0.133. The molecule has 0 aliphatic rings. The number of carbonyl (C=O) groups excluding carboxylic acids is 2. The van der Waals surface area contributed by atoms with Gasteiger partial charge in [0.1, 0.15) is 5.75 Å². The molecule has 22 heavy (non-hydrogen) atoms. The van der Waals surface area contributed by atoms with Crippen LogP contribution in [0.25, 0.3) is 0 Å². The largest absolute Gasteiger partial charge is 0.495 e. The third-order valence-corrected chi connectivity index (χ3v) is 3.21. The number of hydrogen-bond acceptors (Lipinski definition) is 3. The fourth-order valence-corrected chi connectivity index (χ4v) is 1.98. The summed E-state index contributed by atoms with van der Waals surface area (Å²) in [6, 6.07) is 11.1. The van der Waals surface area contributed by atoms with Crippen molar-refractivity contribution in [3.63, 3.8) is 0 Å². The monoisotopic (exact) mass is 338 g/mol.